The van der Waals surface area contributed by atoms with Crippen LogP contribution in [0, 0.1) is 0 Å². The summed E-state index contributed by atoms with van der Waals surface area (Å²) in [6.45, 7) is 10.8. The highest BCUT2D eigenvalue weighted by molar-refractivity contribution is 5.79. The molecule has 27 heavy (non-hydrogen) atoms. The van der Waals surface area contributed by atoms with Crippen LogP contribution in [-0.4, -0.2) is 53.4 Å². The summed E-state index contributed by atoms with van der Waals surface area (Å²) < 4.78 is 1.86. The van der Waals surface area contributed by atoms with Gasteiger partial charge in [-0.2, -0.15) is 5.10 Å². The summed E-state index contributed by atoms with van der Waals surface area (Å²) in [5.74, 6) is 0.849. The van der Waals surface area contributed by atoms with Crippen molar-refractivity contribution in [1.82, 2.24) is 25.3 Å². The van der Waals surface area contributed by atoms with Gasteiger partial charge in [0, 0.05) is 32.0 Å². The standard InChI is InChI=1S/C21H34N6/c1-5-26(6-2)15-7-9-18(3)25-21(22-4)23-17-19-10-12-20(13-11-19)27-16-8-14-24-27/h8,10-14,16,18H,5-7,9,15,17H2,1-4H3,(H2,22,23,25). The number of nitrogens with one attached hydrogen (secondary N) is 2. The van der Waals surface area contributed by atoms with Gasteiger partial charge in [-0.1, -0.05) is 26.0 Å². The van der Waals surface area contributed by atoms with Crippen molar-refractivity contribution in [2.45, 2.75) is 46.2 Å². The van der Waals surface area contributed by atoms with Gasteiger partial charge in [0.25, 0.3) is 0 Å². The maximum absolute atomic E-state index is 4.35. The summed E-state index contributed by atoms with van der Waals surface area (Å²) >= 11 is 0. The second-order valence-corrected chi connectivity index (χ2v) is 6.76. The first kappa shape index (κ1) is 21.0. The zero-order chi connectivity index (χ0) is 19.5. The predicted molar refractivity (Wildman–Crippen MR) is 113 cm³/mol. The third-order valence-electron chi connectivity index (χ3n) is 4.78. The maximum atomic E-state index is 4.35. The SMILES string of the molecule is CCN(CC)CCCC(C)NC(=NC)NCc1ccc(-n2cccn2)cc1. The minimum Gasteiger partial charge on any atom is -0.354 e. The monoisotopic (exact) mass is 370 g/mol. The lowest BCUT2D eigenvalue weighted by atomic mass is 10.1. The first-order valence-corrected chi connectivity index (χ1v) is 9.94. The zero-order valence-electron chi connectivity index (χ0n) is 17.2. The van der Waals surface area contributed by atoms with Gasteiger partial charge < -0.3 is 15.5 Å². The van der Waals surface area contributed by atoms with Crippen molar-refractivity contribution in [3.63, 3.8) is 0 Å². The molecule has 1 heterocycles. The van der Waals surface area contributed by atoms with Gasteiger partial charge in [-0.3, -0.25) is 4.99 Å². The maximum Gasteiger partial charge on any atom is 0.191 e. The number of benzene rings is 1. The lowest BCUT2D eigenvalue weighted by molar-refractivity contribution is 0.292. The Hall–Kier alpha value is -2.34. The Morgan fingerprint density at radius 1 is 1.22 bits per heavy atom. The fourth-order valence-electron chi connectivity index (χ4n) is 3.03. The number of hydrogen-bond donors (Lipinski definition) is 2. The Kier molecular flexibility index (Phi) is 8.84. The average Bonchev–Trinajstić information content (AvgIpc) is 3.23. The second-order valence-electron chi connectivity index (χ2n) is 6.76. The molecule has 1 unspecified atom stereocenters. The molecular weight excluding hydrogens is 336 g/mol. The molecule has 148 valence electrons. The molecular formula is C21H34N6. The summed E-state index contributed by atoms with van der Waals surface area (Å²) in [6, 6.07) is 10.7. The van der Waals surface area contributed by atoms with E-state index in [1.54, 1.807) is 6.20 Å². The van der Waals surface area contributed by atoms with Crippen LogP contribution in [-0.2, 0) is 6.54 Å². The van der Waals surface area contributed by atoms with Crippen molar-refractivity contribution in [2.24, 2.45) is 4.99 Å². The van der Waals surface area contributed by atoms with Gasteiger partial charge >= 0.3 is 0 Å². The van der Waals surface area contributed by atoms with E-state index < -0.39 is 0 Å². The lowest BCUT2D eigenvalue weighted by Gasteiger charge is -2.21. The smallest absolute Gasteiger partial charge is 0.191 e. The normalized spacial score (nSPS) is 13.0. The van der Waals surface area contributed by atoms with Gasteiger partial charge in [-0.15, -0.1) is 0 Å². The highest BCUT2D eigenvalue weighted by Gasteiger charge is 2.07. The summed E-state index contributed by atoms with van der Waals surface area (Å²) in [5.41, 5.74) is 2.27. The van der Waals surface area contributed by atoms with Gasteiger partial charge in [-0.25, -0.2) is 4.68 Å². The van der Waals surface area contributed by atoms with E-state index in [-0.39, 0.29) is 0 Å². The van der Waals surface area contributed by atoms with E-state index in [0.29, 0.717) is 6.04 Å². The van der Waals surface area contributed by atoms with Gasteiger partial charge in [0.15, 0.2) is 5.96 Å². The van der Waals surface area contributed by atoms with Crippen LogP contribution in [0.15, 0.2) is 47.7 Å². The first-order chi connectivity index (χ1) is 13.2. The van der Waals surface area contributed by atoms with E-state index in [2.05, 4.69) is 70.7 Å². The van der Waals surface area contributed by atoms with Crippen LogP contribution < -0.4 is 10.6 Å². The summed E-state index contributed by atoms with van der Waals surface area (Å²) in [6.07, 6.45) is 6.06. The van der Waals surface area contributed by atoms with Crippen LogP contribution in [0.2, 0.25) is 0 Å². The number of nitrogens with zero attached hydrogens (tertiary/aromatic N) is 4. The van der Waals surface area contributed by atoms with Crippen molar-refractivity contribution in [1.29, 1.82) is 0 Å². The summed E-state index contributed by atoms with van der Waals surface area (Å²) in [5, 5.41) is 11.1. The first-order valence-electron chi connectivity index (χ1n) is 9.94. The molecule has 0 aliphatic rings. The van der Waals surface area contributed by atoms with E-state index in [1.165, 1.54) is 12.0 Å². The minimum atomic E-state index is 0.397. The predicted octanol–water partition coefficient (Wildman–Crippen LogP) is 3.05. The Balaban J connectivity index is 1.74. The van der Waals surface area contributed by atoms with Gasteiger partial charge in [0.05, 0.1) is 5.69 Å². The largest absolute Gasteiger partial charge is 0.354 e. The third-order valence-corrected chi connectivity index (χ3v) is 4.78. The molecule has 0 radical (unpaired) electrons. The molecule has 1 atom stereocenters. The van der Waals surface area contributed by atoms with Gasteiger partial charge in [-0.05, 0) is 63.2 Å². The van der Waals surface area contributed by atoms with E-state index in [9.17, 15) is 0 Å². The minimum absolute atomic E-state index is 0.397. The lowest BCUT2D eigenvalue weighted by Crippen LogP contribution is -2.42. The van der Waals surface area contributed by atoms with Crippen LogP contribution >= 0.6 is 0 Å². The Bertz CT molecular complexity index is 658. The number of rotatable bonds is 10. The van der Waals surface area contributed by atoms with Crippen molar-refractivity contribution in [2.75, 3.05) is 26.7 Å². The molecule has 0 saturated heterocycles. The number of guanidine groups is 1. The Morgan fingerprint density at radius 3 is 2.56 bits per heavy atom. The van der Waals surface area contributed by atoms with Crippen LogP contribution in [0.4, 0.5) is 0 Å². The number of aliphatic imine (C=N–C) groups is 1. The van der Waals surface area contributed by atoms with E-state index in [4.69, 9.17) is 0 Å². The molecule has 2 rings (SSSR count). The molecule has 1 aromatic carbocycles. The quantitative estimate of drug-likeness (QED) is 0.499. The van der Waals surface area contributed by atoms with E-state index in [1.807, 2.05) is 24.0 Å². The molecule has 2 N–H and O–H groups in total. The van der Waals surface area contributed by atoms with Crippen molar-refractivity contribution < 1.29 is 0 Å². The molecule has 0 bridgehead atoms. The average molecular weight is 371 g/mol. The van der Waals surface area contributed by atoms with Crippen LogP contribution in [0.3, 0.4) is 0 Å². The highest BCUT2D eigenvalue weighted by Crippen LogP contribution is 2.08. The molecule has 1 aromatic heterocycles. The Labute approximate surface area is 163 Å². The van der Waals surface area contributed by atoms with Crippen LogP contribution in [0.5, 0.6) is 0 Å². The molecule has 0 aliphatic heterocycles. The molecule has 0 amide bonds. The highest BCUT2D eigenvalue weighted by atomic mass is 15.3. The van der Waals surface area contributed by atoms with Crippen molar-refractivity contribution in [3.05, 3.63) is 48.3 Å². The van der Waals surface area contributed by atoms with Crippen LogP contribution in [0.1, 0.15) is 39.2 Å². The third kappa shape index (κ3) is 7.06. The van der Waals surface area contributed by atoms with Gasteiger partial charge in [0.1, 0.15) is 0 Å². The fraction of sp³-hybridized carbons (Fsp3) is 0.524. The molecule has 0 fully saturated rings. The van der Waals surface area contributed by atoms with E-state index >= 15 is 0 Å². The molecule has 0 spiro atoms. The molecule has 0 saturated carbocycles. The molecule has 6 heteroatoms. The molecule has 0 aliphatic carbocycles. The number of aromatic nitrogens is 2. The Morgan fingerprint density at radius 2 is 1.96 bits per heavy atom. The van der Waals surface area contributed by atoms with Crippen molar-refractivity contribution >= 4 is 5.96 Å². The van der Waals surface area contributed by atoms with Crippen LogP contribution in [0.25, 0.3) is 5.69 Å². The molecule has 6 nitrogen and oxygen atoms in total. The van der Waals surface area contributed by atoms with Crippen molar-refractivity contribution in [3.8, 4) is 5.69 Å². The van der Waals surface area contributed by atoms with Gasteiger partial charge in [0.2, 0.25) is 0 Å². The zero-order valence-corrected chi connectivity index (χ0v) is 17.2. The second kappa shape index (κ2) is 11.4. The molecule has 2 aromatic rings. The van der Waals surface area contributed by atoms with E-state index in [0.717, 1.165) is 44.2 Å². The topological polar surface area (TPSA) is 57.5 Å². The summed E-state index contributed by atoms with van der Waals surface area (Å²) in [7, 11) is 1.82. The number of hydrogen-bond acceptors (Lipinski definition) is 3. The summed E-state index contributed by atoms with van der Waals surface area (Å²) in [4.78, 5) is 6.81. The fourth-order valence-corrected chi connectivity index (χ4v) is 3.03.